The van der Waals surface area contributed by atoms with Gasteiger partial charge in [0.05, 0.1) is 11.2 Å². The van der Waals surface area contributed by atoms with Crippen LogP contribution in [0.5, 0.6) is 0 Å². The molecule has 0 amide bonds. The molecule has 0 atom stereocenters. The highest BCUT2D eigenvalue weighted by Crippen LogP contribution is 2.50. The summed E-state index contributed by atoms with van der Waals surface area (Å²) in [5, 5.41) is 2.27. The van der Waals surface area contributed by atoms with Crippen molar-refractivity contribution in [1.82, 2.24) is 0 Å². The van der Waals surface area contributed by atoms with E-state index in [0.717, 1.165) is 27.4 Å². The number of hydrogen-bond acceptors (Lipinski definition) is 3. The summed E-state index contributed by atoms with van der Waals surface area (Å²) in [4.78, 5) is 0. The zero-order chi connectivity index (χ0) is 22.6. The van der Waals surface area contributed by atoms with Crippen LogP contribution in [-0.4, -0.2) is 18.3 Å². The second kappa shape index (κ2) is 6.06. The molecule has 1 saturated heterocycles. The summed E-state index contributed by atoms with van der Waals surface area (Å²) in [6.45, 7) is 15.1. The minimum Gasteiger partial charge on any atom is -0.456 e. The average Bonchev–Trinajstić information content (AvgIpc) is 3.26. The third-order valence-corrected chi connectivity index (χ3v) is 7.96. The predicted octanol–water partition coefficient (Wildman–Crippen LogP) is 6.50. The van der Waals surface area contributed by atoms with E-state index in [1.807, 2.05) is 0 Å². The lowest BCUT2D eigenvalue weighted by Gasteiger charge is -2.32. The molecule has 0 radical (unpaired) electrons. The lowest BCUT2D eigenvalue weighted by Crippen LogP contribution is -2.41. The van der Waals surface area contributed by atoms with Crippen LogP contribution in [-0.2, 0) is 14.7 Å². The van der Waals surface area contributed by atoms with E-state index >= 15 is 0 Å². The summed E-state index contributed by atoms with van der Waals surface area (Å²) in [6.07, 6.45) is 0. The third kappa shape index (κ3) is 2.51. The summed E-state index contributed by atoms with van der Waals surface area (Å²) in [5.41, 5.74) is 8.40. The van der Waals surface area contributed by atoms with E-state index in [9.17, 15) is 0 Å². The highest BCUT2D eigenvalue weighted by Gasteiger charge is 2.52. The Kier molecular flexibility index (Phi) is 3.80. The molecule has 0 unspecified atom stereocenters. The second-order valence-electron chi connectivity index (χ2n) is 11.0. The maximum absolute atomic E-state index is 6.54. The molecule has 0 spiro atoms. The summed E-state index contributed by atoms with van der Waals surface area (Å²) < 4.78 is 19.3. The molecule has 4 heteroatoms. The fraction of sp³-hybridized carbons (Fsp3) is 0.357. The second-order valence-corrected chi connectivity index (χ2v) is 11.0. The van der Waals surface area contributed by atoms with Gasteiger partial charge in [0.2, 0.25) is 0 Å². The normalized spacial score (nSPS) is 20.2. The number of rotatable bonds is 1. The van der Waals surface area contributed by atoms with E-state index in [4.69, 9.17) is 13.7 Å². The molecule has 2 aliphatic rings. The SMILES string of the molecule is Cc1cc(B2OC(C)(C)C(C)(C)O2)c2oc3cc4c(cc3c2c1)-c1ccccc1C4(C)C. The minimum absolute atomic E-state index is 0.0520. The molecule has 4 aromatic rings. The van der Waals surface area contributed by atoms with E-state index in [-0.39, 0.29) is 5.41 Å². The maximum atomic E-state index is 6.54. The van der Waals surface area contributed by atoms with Gasteiger partial charge in [-0.1, -0.05) is 49.7 Å². The van der Waals surface area contributed by atoms with Gasteiger partial charge < -0.3 is 13.7 Å². The van der Waals surface area contributed by atoms with Crippen LogP contribution in [0.1, 0.15) is 58.2 Å². The van der Waals surface area contributed by atoms with Crippen LogP contribution < -0.4 is 5.46 Å². The first-order valence-electron chi connectivity index (χ1n) is 11.5. The topological polar surface area (TPSA) is 31.6 Å². The van der Waals surface area contributed by atoms with Crippen LogP contribution in [0.3, 0.4) is 0 Å². The fourth-order valence-electron chi connectivity index (χ4n) is 5.39. The predicted molar refractivity (Wildman–Crippen MR) is 132 cm³/mol. The van der Waals surface area contributed by atoms with E-state index < -0.39 is 18.3 Å². The fourth-order valence-corrected chi connectivity index (χ4v) is 5.39. The lowest BCUT2D eigenvalue weighted by molar-refractivity contribution is 0.00578. The van der Waals surface area contributed by atoms with Gasteiger partial charge >= 0.3 is 7.12 Å². The van der Waals surface area contributed by atoms with Crippen LogP contribution >= 0.6 is 0 Å². The smallest absolute Gasteiger partial charge is 0.456 e. The molecule has 1 aliphatic carbocycles. The number of benzene rings is 3. The van der Waals surface area contributed by atoms with Crippen molar-refractivity contribution in [1.29, 1.82) is 0 Å². The highest BCUT2D eigenvalue weighted by atomic mass is 16.7. The Morgan fingerprint density at radius 3 is 2.12 bits per heavy atom. The van der Waals surface area contributed by atoms with Gasteiger partial charge in [-0.15, -0.1) is 0 Å². The first kappa shape index (κ1) is 20.1. The Bertz CT molecular complexity index is 1410. The molecule has 0 N–H and O–H groups in total. The van der Waals surface area contributed by atoms with Crippen molar-refractivity contribution in [3.8, 4) is 11.1 Å². The van der Waals surface area contributed by atoms with Crippen LogP contribution in [0.25, 0.3) is 33.1 Å². The molecular formula is C28H29BO3. The zero-order valence-electron chi connectivity index (χ0n) is 19.9. The van der Waals surface area contributed by atoms with Gasteiger partial charge in [0.1, 0.15) is 11.2 Å². The molecule has 0 saturated carbocycles. The van der Waals surface area contributed by atoms with Crippen LogP contribution in [0.2, 0.25) is 0 Å². The third-order valence-electron chi connectivity index (χ3n) is 7.96. The summed E-state index contributed by atoms with van der Waals surface area (Å²) in [5.74, 6) is 0. The Labute approximate surface area is 189 Å². The molecule has 32 heavy (non-hydrogen) atoms. The summed E-state index contributed by atoms with van der Waals surface area (Å²) >= 11 is 0. The summed E-state index contributed by atoms with van der Waals surface area (Å²) in [6, 6.07) is 17.7. The molecule has 6 rings (SSSR count). The molecule has 1 aliphatic heterocycles. The number of aryl methyl sites for hydroxylation is 1. The molecule has 0 bridgehead atoms. The molecule has 162 valence electrons. The Balaban J connectivity index is 1.60. The number of furan rings is 1. The molecular weight excluding hydrogens is 395 g/mol. The van der Waals surface area contributed by atoms with E-state index in [1.165, 1.54) is 27.8 Å². The average molecular weight is 424 g/mol. The number of hydrogen-bond donors (Lipinski definition) is 0. The first-order chi connectivity index (χ1) is 15.0. The molecule has 2 heterocycles. The minimum atomic E-state index is -0.452. The van der Waals surface area contributed by atoms with E-state index in [2.05, 4.69) is 97.0 Å². The monoisotopic (exact) mass is 424 g/mol. The molecule has 1 fully saturated rings. The van der Waals surface area contributed by atoms with Gasteiger partial charge in [0.15, 0.2) is 0 Å². The molecule has 3 aromatic carbocycles. The van der Waals surface area contributed by atoms with Gasteiger partial charge in [-0.2, -0.15) is 0 Å². The lowest BCUT2D eigenvalue weighted by atomic mass is 9.77. The van der Waals surface area contributed by atoms with Crippen molar-refractivity contribution in [3.05, 3.63) is 65.2 Å². The van der Waals surface area contributed by atoms with Gasteiger partial charge in [0, 0.05) is 21.7 Å². The Morgan fingerprint density at radius 2 is 1.41 bits per heavy atom. The Morgan fingerprint density at radius 1 is 0.719 bits per heavy atom. The van der Waals surface area contributed by atoms with Gasteiger partial charge in [-0.05, 0) is 75.1 Å². The quantitative estimate of drug-likeness (QED) is 0.327. The standard InChI is InChI=1S/C28H29BO3/c1-16-12-20-19-14-18-17-10-8-9-11-21(17)26(2,3)22(18)15-24(19)30-25(20)23(13-16)29-31-27(4,5)28(6,7)32-29/h8-15H,1-7H3. The van der Waals surface area contributed by atoms with Crippen molar-refractivity contribution < 1.29 is 13.7 Å². The zero-order valence-corrected chi connectivity index (χ0v) is 19.9. The van der Waals surface area contributed by atoms with Crippen molar-refractivity contribution >= 4 is 34.5 Å². The molecule has 3 nitrogen and oxygen atoms in total. The largest absolute Gasteiger partial charge is 0.498 e. The molecule has 1 aromatic heterocycles. The highest BCUT2D eigenvalue weighted by molar-refractivity contribution is 6.65. The van der Waals surface area contributed by atoms with Gasteiger partial charge in [-0.3, -0.25) is 0 Å². The van der Waals surface area contributed by atoms with Crippen molar-refractivity contribution in [2.75, 3.05) is 0 Å². The Hall–Kier alpha value is -2.56. The van der Waals surface area contributed by atoms with Crippen molar-refractivity contribution in [2.45, 2.75) is 65.1 Å². The van der Waals surface area contributed by atoms with Crippen molar-refractivity contribution in [3.63, 3.8) is 0 Å². The number of fused-ring (bicyclic) bond motifs is 6. The van der Waals surface area contributed by atoms with E-state index in [0.29, 0.717) is 0 Å². The first-order valence-corrected chi connectivity index (χ1v) is 11.5. The summed E-state index contributed by atoms with van der Waals surface area (Å²) in [7, 11) is -0.452. The van der Waals surface area contributed by atoms with Crippen LogP contribution in [0.15, 0.2) is 52.9 Å². The van der Waals surface area contributed by atoms with Crippen molar-refractivity contribution in [2.24, 2.45) is 0 Å². The maximum Gasteiger partial charge on any atom is 0.498 e. The van der Waals surface area contributed by atoms with E-state index in [1.54, 1.807) is 0 Å². The van der Waals surface area contributed by atoms with Gasteiger partial charge in [-0.25, -0.2) is 0 Å². The van der Waals surface area contributed by atoms with Crippen LogP contribution in [0.4, 0.5) is 0 Å². The van der Waals surface area contributed by atoms with Crippen LogP contribution in [0, 0.1) is 6.92 Å². The van der Waals surface area contributed by atoms with Gasteiger partial charge in [0.25, 0.3) is 0 Å².